The van der Waals surface area contributed by atoms with Gasteiger partial charge in [-0.15, -0.1) is 0 Å². The summed E-state index contributed by atoms with van der Waals surface area (Å²) in [5, 5.41) is 19.1. The number of benzene rings is 1. The van der Waals surface area contributed by atoms with Crippen LogP contribution in [0.15, 0.2) is 16.6 Å². The van der Waals surface area contributed by atoms with Crippen LogP contribution >= 0.6 is 15.9 Å². The van der Waals surface area contributed by atoms with Crippen LogP contribution in [-0.4, -0.2) is 12.0 Å². The predicted octanol–water partition coefficient (Wildman–Crippen LogP) is -0.146. The van der Waals surface area contributed by atoms with Gasteiger partial charge in [0.05, 0.1) is 24.2 Å². The molecule has 0 bridgehead atoms. The van der Waals surface area contributed by atoms with Crippen LogP contribution in [0.2, 0.25) is 0 Å². The Balaban J connectivity index is 0.00000196. The summed E-state index contributed by atoms with van der Waals surface area (Å²) in [5.74, 6) is 0.141. The van der Waals surface area contributed by atoms with Gasteiger partial charge < -0.3 is 17.1 Å². The van der Waals surface area contributed by atoms with E-state index in [4.69, 9.17) is 10.1 Å². The zero-order valence-electron chi connectivity index (χ0n) is 7.48. The summed E-state index contributed by atoms with van der Waals surface area (Å²) in [4.78, 5) is 12.9. The lowest BCUT2D eigenvalue weighted by molar-refractivity contribution is -0.385. The Hall–Kier alpha value is -1.39. The molecule has 8 heteroatoms. The highest BCUT2D eigenvalue weighted by molar-refractivity contribution is 9.10. The van der Waals surface area contributed by atoms with E-state index in [0.717, 1.165) is 0 Å². The molecule has 0 N–H and O–H groups in total. The van der Waals surface area contributed by atoms with Gasteiger partial charge in [-0.2, -0.15) is 0 Å². The molecule has 0 unspecified atom stereocenters. The fourth-order valence-corrected chi connectivity index (χ4v) is 1.39. The van der Waals surface area contributed by atoms with E-state index in [9.17, 15) is 10.1 Å². The zero-order valence-corrected chi connectivity index (χ0v) is 9.82. The Morgan fingerprint density at radius 1 is 1.60 bits per heavy atom. The third-order valence-corrected chi connectivity index (χ3v) is 2.19. The summed E-state index contributed by atoms with van der Waals surface area (Å²) in [6, 6.07) is 2.48. The van der Waals surface area contributed by atoms with Crippen molar-refractivity contribution in [3.05, 3.63) is 31.7 Å². The van der Waals surface area contributed by atoms with Crippen LogP contribution in [0.25, 0.3) is 4.98 Å². The first-order chi connectivity index (χ1) is 6.60. The Bertz CT molecular complexity index is 432. The van der Waals surface area contributed by atoms with Crippen molar-refractivity contribution in [2.75, 3.05) is 7.11 Å². The SMILES string of the molecule is COc1cc([N+](=O)[O-])c(Br)cc1[N+]#N.[Cl-]. The lowest BCUT2D eigenvalue weighted by atomic mass is 10.2. The second kappa shape index (κ2) is 5.48. The molecule has 0 atom stereocenters. The maximum atomic E-state index is 10.5. The highest BCUT2D eigenvalue weighted by atomic mass is 79.9. The van der Waals surface area contributed by atoms with Gasteiger partial charge in [0.1, 0.15) is 4.47 Å². The van der Waals surface area contributed by atoms with E-state index >= 15 is 0 Å². The Kier molecular flexibility index (Phi) is 4.97. The molecule has 15 heavy (non-hydrogen) atoms. The van der Waals surface area contributed by atoms with E-state index in [1.54, 1.807) is 0 Å². The molecule has 0 aliphatic rings. The number of methoxy groups -OCH3 is 1. The first-order valence-electron chi connectivity index (χ1n) is 3.47. The van der Waals surface area contributed by atoms with Gasteiger partial charge in [-0.05, 0) is 15.9 Å². The number of rotatable bonds is 2. The van der Waals surface area contributed by atoms with Crippen molar-refractivity contribution < 1.29 is 22.1 Å². The molecule has 0 amide bonds. The number of ether oxygens (including phenoxy) is 1. The van der Waals surface area contributed by atoms with Crippen LogP contribution in [0.1, 0.15) is 0 Å². The molecule has 0 aliphatic carbocycles. The minimum absolute atomic E-state index is 0. The third kappa shape index (κ3) is 2.78. The van der Waals surface area contributed by atoms with Gasteiger partial charge >= 0.3 is 5.69 Å². The fraction of sp³-hybridized carbons (Fsp3) is 0.143. The number of nitro groups is 1. The van der Waals surface area contributed by atoms with Crippen LogP contribution in [0.3, 0.4) is 0 Å². The maximum absolute atomic E-state index is 10.5. The quantitative estimate of drug-likeness (QED) is 0.432. The van der Waals surface area contributed by atoms with Crippen molar-refractivity contribution in [1.82, 2.24) is 0 Å². The molecule has 80 valence electrons. The van der Waals surface area contributed by atoms with Crippen molar-refractivity contribution >= 4 is 27.3 Å². The molecular weight excluding hydrogens is 289 g/mol. The maximum Gasteiger partial charge on any atom is 0.427 e. The van der Waals surface area contributed by atoms with Crippen molar-refractivity contribution in [2.24, 2.45) is 0 Å². The molecule has 1 aromatic rings. The normalized spacial score (nSPS) is 8.60. The molecule has 0 saturated heterocycles. The largest absolute Gasteiger partial charge is 1.00 e. The number of hydrogen-bond acceptors (Lipinski definition) is 4. The van der Waals surface area contributed by atoms with E-state index in [2.05, 4.69) is 20.9 Å². The molecule has 0 heterocycles. The van der Waals surface area contributed by atoms with E-state index in [0.29, 0.717) is 0 Å². The molecule has 0 saturated carbocycles. The number of halogens is 2. The van der Waals surface area contributed by atoms with Gasteiger partial charge in [-0.1, -0.05) is 0 Å². The van der Waals surface area contributed by atoms with Crippen molar-refractivity contribution in [3.63, 3.8) is 0 Å². The Labute approximate surface area is 99.5 Å². The predicted molar refractivity (Wildman–Crippen MR) is 52.1 cm³/mol. The molecule has 0 spiro atoms. The second-order valence-corrected chi connectivity index (χ2v) is 3.19. The van der Waals surface area contributed by atoms with Gasteiger partial charge in [-0.25, -0.2) is 0 Å². The first kappa shape index (κ1) is 13.6. The summed E-state index contributed by atoms with van der Waals surface area (Å²) >= 11 is 2.98. The van der Waals surface area contributed by atoms with Crippen LogP contribution in [0.4, 0.5) is 11.4 Å². The zero-order chi connectivity index (χ0) is 10.7. The standard InChI is InChI=1S/C7H5BrN3O3.ClH/c1-14-7-3-6(11(12)13)4(8)2-5(7)10-9;/h2-3H,1H3;1H/q+1;/p-1. The second-order valence-electron chi connectivity index (χ2n) is 2.33. The number of diazo groups is 1. The summed E-state index contributed by atoms with van der Waals surface area (Å²) in [6.45, 7) is 0. The summed E-state index contributed by atoms with van der Waals surface area (Å²) in [5.41, 5.74) is -0.0146. The van der Waals surface area contributed by atoms with E-state index in [-0.39, 0.29) is 34.0 Å². The topological polar surface area (TPSA) is 80.5 Å². The van der Waals surface area contributed by atoms with Crippen molar-refractivity contribution in [1.29, 1.82) is 5.39 Å². The van der Waals surface area contributed by atoms with Crippen LogP contribution in [0.5, 0.6) is 5.75 Å². The van der Waals surface area contributed by atoms with Crippen molar-refractivity contribution in [3.8, 4) is 5.75 Å². The average molecular weight is 294 g/mol. The summed E-state index contributed by atoms with van der Waals surface area (Å²) in [6.07, 6.45) is 0. The van der Waals surface area contributed by atoms with Crippen LogP contribution < -0.4 is 17.1 Å². The minimum atomic E-state index is -0.562. The molecule has 0 aliphatic heterocycles. The Morgan fingerprint density at radius 3 is 2.60 bits per heavy atom. The fourth-order valence-electron chi connectivity index (χ4n) is 0.914. The number of hydrogen-bond donors (Lipinski definition) is 0. The number of nitrogens with zero attached hydrogens (tertiary/aromatic N) is 3. The molecular formula is C7H5BrClN3O3. The van der Waals surface area contributed by atoms with Gasteiger partial charge in [0, 0.05) is 0 Å². The smallest absolute Gasteiger partial charge is 0.427 e. The number of nitro benzene ring substituents is 1. The molecule has 1 rings (SSSR count). The monoisotopic (exact) mass is 293 g/mol. The van der Waals surface area contributed by atoms with Gasteiger partial charge in [-0.3, -0.25) is 10.1 Å². The molecule has 6 nitrogen and oxygen atoms in total. The molecule has 0 radical (unpaired) electrons. The molecule has 1 aromatic carbocycles. The highest BCUT2D eigenvalue weighted by Gasteiger charge is 2.23. The lowest BCUT2D eigenvalue weighted by Crippen LogP contribution is -3.00. The van der Waals surface area contributed by atoms with E-state index in [1.807, 2.05) is 0 Å². The first-order valence-corrected chi connectivity index (χ1v) is 4.26. The van der Waals surface area contributed by atoms with E-state index in [1.165, 1.54) is 19.2 Å². The summed E-state index contributed by atoms with van der Waals surface area (Å²) in [7, 11) is 1.33. The molecule has 0 aromatic heterocycles. The van der Waals surface area contributed by atoms with Crippen LogP contribution in [-0.2, 0) is 0 Å². The van der Waals surface area contributed by atoms with Crippen molar-refractivity contribution in [2.45, 2.75) is 0 Å². The minimum Gasteiger partial charge on any atom is -1.00 e. The van der Waals surface area contributed by atoms with Crippen LogP contribution in [0, 0.1) is 15.5 Å². The third-order valence-electron chi connectivity index (χ3n) is 1.55. The lowest BCUT2D eigenvalue weighted by Gasteiger charge is -1.97. The van der Waals surface area contributed by atoms with Gasteiger partial charge in [0.25, 0.3) is 5.69 Å². The Morgan fingerprint density at radius 2 is 2.20 bits per heavy atom. The highest BCUT2D eigenvalue weighted by Crippen LogP contribution is 2.37. The average Bonchev–Trinajstić information content (AvgIpc) is 2.16. The molecule has 0 fully saturated rings. The van der Waals surface area contributed by atoms with Gasteiger partial charge in [0.15, 0.2) is 4.98 Å². The van der Waals surface area contributed by atoms with Gasteiger partial charge in [0.2, 0.25) is 11.1 Å². The summed E-state index contributed by atoms with van der Waals surface area (Å²) < 4.78 is 5.04. The van der Waals surface area contributed by atoms with E-state index < -0.39 is 4.92 Å².